The smallest absolute Gasteiger partial charge is 0.314 e. The van der Waals surface area contributed by atoms with E-state index in [0.29, 0.717) is 12.2 Å². The summed E-state index contributed by atoms with van der Waals surface area (Å²) in [5.74, 6) is 0. The van der Waals surface area contributed by atoms with E-state index in [4.69, 9.17) is 0 Å². The fraction of sp³-hybridized carbons (Fsp3) is 0.375. The van der Waals surface area contributed by atoms with Crippen LogP contribution in [0, 0.1) is 0 Å². The Labute approximate surface area is 85.9 Å². The van der Waals surface area contributed by atoms with Crippen molar-refractivity contribution in [2.24, 2.45) is 0 Å². The average Bonchev–Trinajstić information content (AvgIpc) is 2.04. The van der Waals surface area contributed by atoms with Crippen molar-refractivity contribution in [2.45, 2.75) is 12.7 Å². The topological polar surface area (TPSA) is 24.9 Å². The van der Waals surface area contributed by atoms with Crippen LogP contribution < -0.4 is 5.32 Å². The molecule has 80 valence electrons. The number of nitrogens with one attached hydrogen (secondary N) is 1. The third-order valence-electron chi connectivity index (χ3n) is 1.50. The highest BCUT2D eigenvalue weighted by Gasteiger charge is 2.30. The highest BCUT2D eigenvalue weighted by Crippen LogP contribution is 2.28. The molecule has 6 heteroatoms. The molecule has 0 amide bonds. The van der Waals surface area contributed by atoms with Gasteiger partial charge in [0, 0.05) is 12.7 Å². The number of nitrogens with zero attached hydrogens (tertiary/aromatic N) is 1. The zero-order chi connectivity index (χ0) is 9.90. The molecule has 1 aromatic rings. The van der Waals surface area contributed by atoms with Gasteiger partial charge in [-0.3, -0.25) is 4.98 Å². The quantitative estimate of drug-likeness (QED) is 0.837. The lowest BCUT2D eigenvalue weighted by molar-refractivity contribution is -0.137. The van der Waals surface area contributed by atoms with E-state index in [1.165, 1.54) is 0 Å². The van der Waals surface area contributed by atoms with E-state index in [9.17, 15) is 13.2 Å². The number of aromatic nitrogens is 1. The summed E-state index contributed by atoms with van der Waals surface area (Å²) >= 11 is 0. The Morgan fingerprint density at radius 1 is 1.43 bits per heavy atom. The molecule has 0 saturated heterocycles. The highest BCUT2D eigenvalue weighted by molar-refractivity contribution is 5.85. The van der Waals surface area contributed by atoms with Crippen molar-refractivity contribution in [1.29, 1.82) is 0 Å². The molecule has 0 fully saturated rings. The SMILES string of the molecule is CNCc1cc(C(F)(F)F)ccn1.Cl. The molecule has 0 unspecified atom stereocenters. The molecule has 0 saturated carbocycles. The zero-order valence-electron chi connectivity index (χ0n) is 7.43. The molecular weight excluding hydrogens is 217 g/mol. The number of hydrogen-bond acceptors (Lipinski definition) is 2. The van der Waals surface area contributed by atoms with Gasteiger partial charge in [-0.15, -0.1) is 12.4 Å². The van der Waals surface area contributed by atoms with Gasteiger partial charge >= 0.3 is 6.18 Å². The monoisotopic (exact) mass is 226 g/mol. The summed E-state index contributed by atoms with van der Waals surface area (Å²) in [5, 5.41) is 2.73. The molecule has 0 bridgehead atoms. The van der Waals surface area contributed by atoms with Crippen LogP contribution in [0.1, 0.15) is 11.3 Å². The maximum Gasteiger partial charge on any atom is 0.416 e. The number of halogens is 4. The van der Waals surface area contributed by atoms with Crippen molar-refractivity contribution in [3.8, 4) is 0 Å². The third kappa shape index (κ3) is 3.51. The van der Waals surface area contributed by atoms with Crippen LogP contribution in [0.3, 0.4) is 0 Å². The van der Waals surface area contributed by atoms with Gasteiger partial charge in [-0.05, 0) is 19.2 Å². The molecule has 1 rings (SSSR count). The van der Waals surface area contributed by atoms with Crippen LogP contribution in [0.5, 0.6) is 0 Å². The molecule has 0 aliphatic rings. The van der Waals surface area contributed by atoms with E-state index in [0.717, 1.165) is 18.3 Å². The van der Waals surface area contributed by atoms with E-state index in [1.54, 1.807) is 7.05 Å². The summed E-state index contributed by atoms with van der Waals surface area (Å²) in [6, 6.07) is 2.00. The Balaban J connectivity index is 0.00000169. The average molecular weight is 227 g/mol. The Kier molecular flexibility index (Phi) is 4.87. The molecule has 0 aliphatic carbocycles. The van der Waals surface area contributed by atoms with Crippen LogP contribution in [0.15, 0.2) is 18.3 Å². The van der Waals surface area contributed by atoms with Gasteiger partial charge in [0.05, 0.1) is 11.3 Å². The van der Waals surface area contributed by atoms with Crippen LogP contribution >= 0.6 is 12.4 Å². The normalized spacial score (nSPS) is 10.9. The predicted octanol–water partition coefficient (Wildman–Crippen LogP) is 2.24. The molecule has 1 aromatic heterocycles. The van der Waals surface area contributed by atoms with Gasteiger partial charge in [-0.25, -0.2) is 0 Å². The van der Waals surface area contributed by atoms with Gasteiger partial charge < -0.3 is 5.32 Å². The van der Waals surface area contributed by atoms with Crippen molar-refractivity contribution in [3.05, 3.63) is 29.6 Å². The van der Waals surface area contributed by atoms with Gasteiger partial charge in [-0.2, -0.15) is 13.2 Å². The van der Waals surface area contributed by atoms with E-state index in [2.05, 4.69) is 10.3 Å². The van der Waals surface area contributed by atoms with Gasteiger partial charge in [0.1, 0.15) is 0 Å². The van der Waals surface area contributed by atoms with E-state index in [1.807, 2.05) is 0 Å². The summed E-state index contributed by atoms with van der Waals surface area (Å²) in [6.07, 6.45) is -3.12. The van der Waals surface area contributed by atoms with Crippen molar-refractivity contribution in [1.82, 2.24) is 10.3 Å². The molecule has 0 aromatic carbocycles. The number of alkyl halides is 3. The first kappa shape index (κ1) is 13.2. The number of hydrogen-bond donors (Lipinski definition) is 1. The van der Waals surface area contributed by atoms with Crippen molar-refractivity contribution < 1.29 is 13.2 Å². The van der Waals surface area contributed by atoms with Crippen molar-refractivity contribution in [2.75, 3.05) is 7.05 Å². The molecule has 2 nitrogen and oxygen atoms in total. The molecule has 1 heterocycles. The molecule has 0 radical (unpaired) electrons. The zero-order valence-corrected chi connectivity index (χ0v) is 8.25. The first-order valence-corrected chi connectivity index (χ1v) is 3.71. The second kappa shape index (κ2) is 5.17. The van der Waals surface area contributed by atoms with Crippen LogP contribution in [0.2, 0.25) is 0 Å². The summed E-state index contributed by atoms with van der Waals surface area (Å²) in [5.41, 5.74) is -0.273. The largest absolute Gasteiger partial charge is 0.416 e. The maximum absolute atomic E-state index is 12.2. The lowest BCUT2D eigenvalue weighted by atomic mass is 10.2. The fourth-order valence-corrected chi connectivity index (χ4v) is 0.932. The van der Waals surface area contributed by atoms with Gasteiger partial charge in [0.15, 0.2) is 0 Å². The lowest BCUT2D eigenvalue weighted by Crippen LogP contribution is -2.10. The summed E-state index contributed by atoms with van der Waals surface area (Å²) in [6.45, 7) is 0.337. The van der Waals surface area contributed by atoms with E-state index < -0.39 is 11.7 Å². The molecule has 0 spiro atoms. The minimum Gasteiger partial charge on any atom is -0.314 e. The third-order valence-corrected chi connectivity index (χ3v) is 1.50. The van der Waals surface area contributed by atoms with Crippen LogP contribution in [0.25, 0.3) is 0 Å². The number of rotatable bonds is 2. The Hall–Kier alpha value is -0.810. The molecule has 0 atom stereocenters. The first-order chi connectivity index (χ1) is 6.04. The van der Waals surface area contributed by atoms with Crippen molar-refractivity contribution >= 4 is 12.4 Å². The maximum atomic E-state index is 12.2. The summed E-state index contributed by atoms with van der Waals surface area (Å²) in [4.78, 5) is 3.78. The molecule has 1 N–H and O–H groups in total. The van der Waals surface area contributed by atoms with Gasteiger partial charge in [0.2, 0.25) is 0 Å². The van der Waals surface area contributed by atoms with Gasteiger partial charge in [-0.1, -0.05) is 0 Å². The first-order valence-electron chi connectivity index (χ1n) is 3.71. The van der Waals surface area contributed by atoms with Crippen molar-refractivity contribution in [3.63, 3.8) is 0 Å². The Morgan fingerprint density at radius 3 is 2.57 bits per heavy atom. The van der Waals surface area contributed by atoms with Crippen LogP contribution in [-0.2, 0) is 12.7 Å². The van der Waals surface area contributed by atoms with E-state index >= 15 is 0 Å². The minimum atomic E-state index is -4.29. The molecule has 0 aliphatic heterocycles. The Morgan fingerprint density at radius 2 is 2.07 bits per heavy atom. The van der Waals surface area contributed by atoms with Crippen LogP contribution in [0.4, 0.5) is 13.2 Å². The van der Waals surface area contributed by atoms with Gasteiger partial charge in [0.25, 0.3) is 0 Å². The Bertz CT molecular complexity index is 288. The molecule has 14 heavy (non-hydrogen) atoms. The second-order valence-electron chi connectivity index (χ2n) is 2.56. The predicted molar refractivity (Wildman–Crippen MR) is 49.3 cm³/mol. The molecular formula is C8H10ClF3N2. The summed E-state index contributed by atoms with van der Waals surface area (Å²) in [7, 11) is 1.65. The lowest BCUT2D eigenvalue weighted by Gasteiger charge is -2.07. The van der Waals surface area contributed by atoms with Crippen LogP contribution in [-0.4, -0.2) is 12.0 Å². The fourth-order valence-electron chi connectivity index (χ4n) is 0.932. The summed E-state index contributed by atoms with van der Waals surface area (Å²) < 4.78 is 36.5. The standard InChI is InChI=1S/C8H9F3N2.ClH/c1-12-5-7-4-6(2-3-13-7)8(9,10)11;/h2-4,12H,5H2,1H3;1H. The minimum absolute atomic E-state index is 0. The highest BCUT2D eigenvalue weighted by atomic mass is 35.5. The van der Waals surface area contributed by atoms with E-state index in [-0.39, 0.29) is 12.4 Å². The second-order valence-corrected chi connectivity index (χ2v) is 2.56. The number of pyridine rings is 1.